The summed E-state index contributed by atoms with van der Waals surface area (Å²) in [5.74, 6) is -1.31. The van der Waals surface area contributed by atoms with Crippen LogP contribution in [0.1, 0.15) is 33.7 Å². The number of anilines is 1. The summed E-state index contributed by atoms with van der Waals surface area (Å²) < 4.78 is 13.0. The molecule has 6 nitrogen and oxygen atoms in total. The van der Waals surface area contributed by atoms with Gasteiger partial charge < -0.3 is 10.6 Å². The molecule has 2 heterocycles. The van der Waals surface area contributed by atoms with Gasteiger partial charge in [0.1, 0.15) is 11.5 Å². The summed E-state index contributed by atoms with van der Waals surface area (Å²) in [5, 5.41) is 5.32. The maximum Gasteiger partial charge on any atom is 0.270 e. The minimum Gasteiger partial charge on any atom is -0.348 e. The summed E-state index contributed by atoms with van der Waals surface area (Å²) in [4.78, 5) is 31.6. The summed E-state index contributed by atoms with van der Waals surface area (Å²) in [5.41, 5.74) is 0.683. The normalized spacial score (nSPS) is 13.5. The van der Waals surface area contributed by atoms with Crippen molar-refractivity contribution in [1.29, 1.82) is 0 Å². The van der Waals surface area contributed by atoms with Crippen LogP contribution in [0.4, 0.5) is 10.1 Å². The average Bonchev–Trinajstić information content (AvgIpc) is 3.31. The SMILES string of the molecule is O=C(Nc1cncc(F)c1)c1ccnc(C(=O)NC2CC2)c1. The zero-order valence-corrected chi connectivity index (χ0v) is 11.5. The smallest absolute Gasteiger partial charge is 0.270 e. The van der Waals surface area contributed by atoms with Gasteiger partial charge in [-0.15, -0.1) is 0 Å². The molecular weight excluding hydrogens is 287 g/mol. The molecule has 2 amide bonds. The molecule has 7 heteroatoms. The summed E-state index contributed by atoms with van der Waals surface area (Å²) in [6, 6.07) is 4.26. The maximum atomic E-state index is 13.0. The van der Waals surface area contributed by atoms with Gasteiger partial charge in [0.2, 0.25) is 0 Å². The topological polar surface area (TPSA) is 84.0 Å². The second-order valence-corrected chi connectivity index (χ2v) is 5.02. The summed E-state index contributed by atoms with van der Waals surface area (Å²) in [6.45, 7) is 0. The first-order valence-corrected chi connectivity index (χ1v) is 6.80. The van der Waals surface area contributed by atoms with E-state index < -0.39 is 11.7 Å². The van der Waals surface area contributed by atoms with E-state index in [1.54, 1.807) is 0 Å². The highest BCUT2D eigenvalue weighted by Gasteiger charge is 2.24. The second-order valence-electron chi connectivity index (χ2n) is 5.02. The largest absolute Gasteiger partial charge is 0.348 e. The van der Waals surface area contributed by atoms with Crippen LogP contribution in [0.2, 0.25) is 0 Å². The Hall–Kier alpha value is -2.83. The molecule has 1 aliphatic carbocycles. The molecule has 2 aromatic heterocycles. The van der Waals surface area contributed by atoms with Gasteiger partial charge in [0.25, 0.3) is 11.8 Å². The zero-order valence-electron chi connectivity index (χ0n) is 11.5. The van der Waals surface area contributed by atoms with E-state index in [1.165, 1.54) is 24.5 Å². The van der Waals surface area contributed by atoms with E-state index in [1.807, 2.05) is 0 Å². The van der Waals surface area contributed by atoms with E-state index in [4.69, 9.17) is 0 Å². The van der Waals surface area contributed by atoms with Crippen molar-refractivity contribution in [3.63, 3.8) is 0 Å². The molecule has 2 N–H and O–H groups in total. The monoisotopic (exact) mass is 300 g/mol. The minimum atomic E-state index is -0.544. The van der Waals surface area contributed by atoms with Crippen LogP contribution < -0.4 is 10.6 Å². The molecular formula is C15H13FN4O2. The van der Waals surface area contributed by atoms with Gasteiger partial charge in [-0.1, -0.05) is 0 Å². The number of carbonyl (C=O) groups is 2. The first kappa shape index (κ1) is 14.1. The van der Waals surface area contributed by atoms with Gasteiger partial charge in [0, 0.05) is 23.9 Å². The maximum absolute atomic E-state index is 13.0. The van der Waals surface area contributed by atoms with Crippen LogP contribution in [0, 0.1) is 5.82 Å². The lowest BCUT2D eigenvalue weighted by atomic mass is 10.2. The number of rotatable bonds is 4. The van der Waals surface area contributed by atoms with Crippen LogP contribution >= 0.6 is 0 Å². The fourth-order valence-electron chi connectivity index (χ4n) is 1.87. The van der Waals surface area contributed by atoms with Crippen molar-refractivity contribution in [3.8, 4) is 0 Å². The number of nitrogens with one attached hydrogen (secondary N) is 2. The molecule has 3 rings (SSSR count). The zero-order chi connectivity index (χ0) is 15.5. The molecule has 112 valence electrons. The van der Waals surface area contributed by atoms with E-state index in [0.717, 1.165) is 25.1 Å². The van der Waals surface area contributed by atoms with E-state index in [2.05, 4.69) is 20.6 Å². The van der Waals surface area contributed by atoms with Crippen LogP contribution in [0.15, 0.2) is 36.8 Å². The van der Waals surface area contributed by atoms with Gasteiger partial charge in [-0.2, -0.15) is 0 Å². The van der Waals surface area contributed by atoms with Gasteiger partial charge in [-0.3, -0.25) is 19.6 Å². The minimum absolute atomic E-state index is 0.178. The number of carbonyl (C=O) groups excluding carboxylic acids is 2. The van der Waals surface area contributed by atoms with Gasteiger partial charge in [0.15, 0.2) is 0 Å². The number of amides is 2. The van der Waals surface area contributed by atoms with Gasteiger partial charge in [0.05, 0.1) is 18.1 Å². The number of aromatic nitrogens is 2. The predicted octanol–water partition coefficient (Wildman–Crippen LogP) is 1.76. The molecule has 0 bridgehead atoms. The molecule has 0 aliphatic heterocycles. The van der Waals surface area contributed by atoms with E-state index in [0.29, 0.717) is 0 Å². The Balaban J connectivity index is 1.73. The van der Waals surface area contributed by atoms with Crippen molar-refractivity contribution < 1.29 is 14.0 Å². The van der Waals surface area contributed by atoms with Crippen molar-refractivity contribution >= 4 is 17.5 Å². The fraction of sp³-hybridized carbons (Fsp3) is 0.200. The first-order valence-electron chi connectivity index (χ1n) is 6.80. The van der Waals surface area contributed by atoms with Crippen LogP contribution in [0.3, 0.4) is 0 Å². The quantitative estimate of drug-likeness (QED) is 0.901. The molecule has 2 aromatic rings. The standard InChI is InChI=1S/C15H13FN4O2/c16-10-6-12(8-17-7-10)20-14(21)9-3-4-18-13(5-9)15(22)19-11-1-2-11/h3-8,11H,1-2H2,(H,19,22)(H,20,21). The van der Waals surface area contributed by atoms with E-state index in [9.17, 15) is 14.0 Å². The highest BCUT2D eigenvalue weighted by atomic mass is 19.1. The highest BCUT2D eigenvalue weighted by molar-refractivity contribution is 6.05. The Morgan fingerprint density at radius 1 is 1.18 bits per heavy atom. The number of halogens is 1. The Bertz CT molecular complexity index is 731. The molecule has 0 unspecified atom stereocenters. The Labute approximate surface area is 125 Å². The molecule has 0 saturated heterocycles. The predicted molar refractivity (Wildman–Crippen MR) is 76.9 cm³/mol. The Morgan fingerprint density at radius 3 is 2.73 bits per heavy atom. The van der Waals surface area contributed by atoms with Gasteiger partial charge in [-0.25, -0.2) is 4.39 Å². The highest BCUT2D eigenvalue weighted by Crippen LogP contribution is 2.19. The fourth-order valence-corrected chi connectivity index (χ4v) is 1.87. The number of pyridine rings is 2. The Morgan fingerprint density at radius 2 is 2.00 bits per heavy atom. The Kier molecular flexibility index (Phi) is 3.78. The molecule has 0 atom stereocenters. The summed E-state index contributed by atoms with van der Waals surface area (Å²) in [6.07, 6.45) is 5.71. The lowest BCUT2D eigenvalue weighted by molar-refractivity contribution is 0.0946. The van der Waals surface area contributed by atoms with E-state index in [-0.39, 0.29) is 28.9 Å². The molecule has 0 aromatic carbocycles. The number of nitrogens with zero attached hydrogens (tertiary/aromatic N) is 2. The number of hydrogen-bond acceptors (Lipinski definition) is 4. The van der Waals surface area contributed by atoms with Gasteiger partial charge >= 0.3 is 0 Å². The lowest BCUT2D eigenvalue weighted by Gasteiger charge is -2.06. The van der Waals surface area contributed by atoms with Crippen molar-refractivity contribution in [1.82, 2.24) is 15.3 Å². The van der Waals surface area contributed by atoms with Crippen LogP contribution in [-0.2, 0) is 0 Å². The second kappa shape index (κ2) is 5.88. The molecule has 22 heavy (non-hydrogen) atoms. The van der Waals surface area contributed by atoms with Gasteiger partial charge in [-0.05, 0) is 25.0 Å². The average molecular weight is 300 g/mol. The third kappa shape index (κ3) is 3.43. The van der Waals surface area contributed by atoms with Crippen LogP contribution in [-0.4, -0.2) is 27.8 Å². The molecule has 1 saturated carbocycles. The lowest BCUT2D eigenvalue weighted by Crippen LogP contribution is -2.26. The third-order valence-corrected chi connectivity index (χ3v) is 3.13. The van der Waals surface area contributed by atoms with Crippen LogP contribution in [0.25, 0.3) is 0 Å². The molecule has 1 aliphatic rings. The first-order chi connectivity index (χ1) is 10.6. The van der Waals surface area contributed by atoms with Crippen molar-refractivity contribution in [3.05, 3.63) is 53.9 Å². The molecule has 0 spiro atoms. The third-order valence-electron chi connectivity index (χ3n) is 3.13. The number of hydrogen-bond donors (Lipinski definition) is 2. The summed E-state index contributed by atoms with van der Waals surface area (Å²) >= 11 is 0. The summed E-state index contributed by atoms with van der Waals surface area (Å²) in [7, 11) is 0. The molecule has 1 fully saturated rings. The van der Waals surface area contributed by atoms with Crippen molar-refractivity contribution in [2.45, 2.75) is 18.9 Å². The molecule has 0 radical (unpaired) electrons. The van der Waals surface area contributed by atoms with E-state index >= 15 is 0 Å². The van der Waals surface area contributed by atoms with Crippen LogP contribution in [0.5, 0.6) is 0 Å². The van der Waals surface area contributed by atoms with Crippen molar-refractivity contribution in [2.24, 2.45) is 0 Å². The van der Waals surface area contributed by atoms with Crippen molar-refractivity contribution in [2.75, 3.05) is 5.32 Å².